The van der Waals surface area contributed by atoms with Gasteiger partial charge in [-0.1, -0.05) is 6.42 Å². The van der Waals surface area contributed by atoms with Crippen molar-refractivity contribution in [1.82, 2.24) is 4.31 Å². The predicted molar refractivity (Wildman–Crippen MR) is 103 cm³/mol. The Balaban J connectivity index is 1.78. The predicted octanol–water partition coefficient (Wildman–Crippen LogP) is 2.36. The minimum atomic E-state index is -3.94. The zero-order chi connectivity index (χ0) is 20.4. The summed E-state index contributed by atoms with van der Waals surface area (Å²) in [5, 5.41) is 8.88. The van der Waals surface area contributed by atoms with Gasteiger partial charge in [0.15, 0.2) is 0 Å². The first-order chi connectivity index (χ1) is 13.2. The van der Waals surface area contributed by atoms with E-state index in [0.29, 0.717) is 13.1 Å². The summed E-state index contributed by atoms with van der Waals surface area (Å²) in [5.74, 6) is -1.11. The van der Waals surface area contributed by atoms with Crippen molar-refractivity contribution in [3.8, 4) is 0 Å². The van der Waals surface area contributed by atoms with Crippen LogP contribution >= 0.6 is 0 Å². The molecule has 0 amide bonds. The number of hydrogen-bond donors (Lipinski definition) is 2. The van der Waals surface area contributed by atoms with Crippen molar-refractivity contribution in [3.63, 3.8) is 0 Å². The van der Waals surface area contributed by atoms with Crippen molar-refractivity contribution in [2.75, 3.05) is 17.8 Å². The molecule has 1 saturated heterocycles. The van der Waals surface area contributed by atoms with Gasteiger partial charge in [0, 0.05) is 18.8 Å². The van der Waals surface area contributed by atoms with Crippen molar-refractivity contribution in [1.29, 1.82) is 0 Å². The smallest absolute Gasteiger partial charge is 0.335 e. The molecule has 2 aromatic rings. The lowest BCUT2D eigenvalue weighted by Gasteiger charge is -2.25. The molecule has 3 rings (SSSR count). The zero-order valence-electron chi connectivity index (χ0n) is 14.9. The highest BCUT2D eigenvalue weighted by atomic mass is 32.2. The van der Waals surface area contributed by atoms with Gasteiger partial charge in [-0.25, -0.2) is 21.6 Å². The summed E-state index contributed by atoms with van der Waals surface area (Å²) in [6.45, 7) is 0.937. The lowest BCUT2D eigenvalue weighted by Crippen LogP contribution is -2.35. The molecule has 1 fully saturated rings. The van der Waals surface area contributed by atoms with Crippen LogP contribution in [0.1, 0.15) is 29.6 Å². The number of sulfonamides is 2. The maximum absolute atomic E-state index is 12.6. The van der Waals surface area contributed by atoms with E-state index >= 15 is 0 Å². The second-order valence-electron chi connectivity index (χ2n) is 6.42. The van der Waals surface area contributed by atoms with Gasteiger partial charge < -0.3 is 5.11 Å². The maximum Gasteiger partial charge on any atom is 0.335 e. The number of carboxylic acid groups (broad SMARTS) is 1. The van der Waals surface area contributed by atoms with Gasteiger partial charge in [-0.05, 0) is 61.4 Å². The van der Waals surface area contributed by atoms with Crippen molar-refractivity contribution in [2.45, 2.75) is 29.1 Å². The Morgan fingerprint density at radius 1 is 0.821 bits per heavy atom. The molecule has 2 N–H and O–H groups in total. The van der Waals surface area contributed by atoms with E-state index in [2.05, 4.69) is 4.72 Å². The first-order valence-corrected chi connectivity index (χ1v) is 11.6. The van der Waals surface area contributed by atoms with E-state index in [0.717, 1.165) is 19.3 Å². The number of carboxylic acids is 1. The van der Waals surface area contributed by atoms with Crippen LogP contribution < -0.4 is 4.72 Å². The molecule has 0 unspecified atom stereocenters. The van der Waals surface area contributed by atoms with Crippen LogP contribution in [0.4, 0.5) is 5.69 Å². The average molecular weight is 425 g/mol. The first kappa shape index (κ1) is 20.3. The Hall–Kier alpha value is -2.43. The average Bonchev–Trinajstić information content (AvgIpc) is 2.69. The number of rotatable bonds is 6. The van der Waals surface area contributed by atoms with Crippen LogP contribution in [0.15, 0.2) is 58.3 Å². The largest absolute Gasteiger partial charge is 0.478 e. The molecule has 10 heteroatoms. The molecule has 1 aliphatic rings. The van der Waals surface area contributed by atoms with Crippen LogP contribution in [0, 0.1) is 0 Å². The molecular weight excluding hydrogens is 404 g/mol. The van der Waals surface area contributed by atoms with Crippen LogP contribution in [0.25, 0.3) is 0 Å². The molecule has 2 aromatic carbocycles. The third kappa shape index (κ3) is 4.34. The summed E-state index contributed by atoms with van der Waals surface area (Å²) in [5.41, 5.74) is 0.241. The van der Waals surface area contributed by atoms with Crippen molar-refractivity contribution < 1.29 is 26.7 Å². The minimum absolute atomic E-state index is 0.0372. The standard InChI is InChI=1S/C18H20N2O6S2/c21-18(22)14-4-6-15(7-5-14)19-27(23,24)16-8-10-17(11-9-16)28(25,26)20-12-2-1-3-13-20/h4-11,19H,1-3,12-13H2,(H,21,22). The Bertz CT molecular complexity index is 1060. The van der Waals surface area contributed by atoms with Gasteiger partial charge in [0.1, 0.15) is 0 Å². The Kier molecular flexibility index (Phi) is 5.73. The topological polar surface area (TPSA) is 121 Å². The van der Waals surface area contributed by atoms with E-state index in [1.54, 1.807) is 0 Å². The SMILES string of the molecule is O=C(O)c1ccc(NS(=O)(=O)c2ccc(S(=O)(=O)N3CCCCC3)cc2)cc1. The quantitative estimate of drug-likeness (QED) is 0.734. The van der Waals surface area contributed by atoms with Gasteiger partial charge in [-0.2, -0.15) is 4.31 Å². The third-order valence-electron chi connectivity index (χ3n) is 4.47. The number of nitrogens with one attached hydrogen (secondary N) is 1. The van der Waals surface area contributed by atoms with Gasteiger partial charge in [0.2, 0.25) is 10.0 Å². The van der Waals surface area contributed by atoms with E-state index < -0.39 is 26.0 Å². The van der Waals surface area contributed by atoms with E-state index in [1.807, 2.05) is 0 Å². The van der Waals surface area contributed by atoms with E-state index in [9.17, 15) is 21.6 Å². The number of carbonyl (C=O) groups is 1. The Labute approximate surface area is 163 Å². The van der Waals surface area contributed by atoms with Gasteiger partial charge in [0.05, 0.1) is 15.4 Å². The molecule has 0 saturated carbocycles. The number of benzene rings is 2. The summed E-state index contributed by atoms with van der Waals surface area (Å²) >= 11 is 0. The van der Waals surface area contributed by atoms with Crippen LogP contribution in [0.3, 0.4) is 0 Å². The number of aromatic carboxylic acids is 1. The second kappa shape index (κ2) is 7.90. The number of piperidine rings is 1. The summed E-state index contributed by atoms with van der Waals surface area (Å²) in [4.78, 5) is 10.8. The highest BCUT2D eigenvalue weighted by Gasteiger charge is 2.26. The minimum Gasteiger partial charge on any atom is -0.478 e. The van der Waals surface area contributed by atoms with Gasteiger partial charge in [0.25, 0.3) is 10.0 Å². The molecular formula is C18H20N2O6S2. The molecule has 0 bridgehead atoms. The monoisotopic (exact) mass is 424 g/mol. The second-order valence-corrected chi connectivity index (χ2v) is 10.0. The normalized spacial score (nSPS) is 15.9. The number of anilines is 1. The van der Waals surface area contributed by atoms with Crippen LogP contribution in [0.5, 0.6) is 0 Å². The highest BCUT2D eigenvalue weighted by Crippen LogP contribution is 2.23. The molecule has 0 spiro atoms. The molecule has 28 heavy (non-hydrogen) atoms. The van der Waals surface area contributed by atoms with Crippen molar-refractivity contribution in [3.05, 3.63) is 54.1 Å². The van der Waals surface area contributed by atoms with E-state index in [-0.39, 0.29) is 21.0 Å². The Morgan fingerprint density at radius 2 is 1.36 bits per heavy atom. The van der Waals surface area contributed by atoms with E-state index in [1.165, 1.54) is 52.8 Å². The van der Waals surface area contributed by atoms with Crippen LogP contribution in [-0.2, 0) is 20.0 Å². The summed E-state index contributed by atoms with van der Waals surface area (Å²) in [7, 11) is -7.57. The summed E-state index contributed by atoms with van der Waals surface area (Å²) in [6.07, 6.45) is 2.63. The van der Waals surface area contributed by atoms with Crippen molar-refractivity contribution >= 4 is 31.7 Å². The summed E-state index contributed by atoms with van der Waals surface area (Å²) < 4.78 is 54.0. The first-order valence-electron chi connectivity index (χ1n) is 8.66. The highest BCUT2D eigenvalue weighted by molar-refractivity contribution is 7.92. The maximum atomic E-state index is 12.6. The fourth-order valence-electron chi connectivity index (χ4n) is 2.94. The van der Waals surface area contributed by atoms with Gasteiger partial charge in [-0.3, -0.25) is 4.72 Å². The van der Waals surface area contributed by atoms with Crippen LogP contribution in [-0.4, -0.2) is 45.3 Å². The molecule has 8 nitrogen and oxygen atoms in total. The molecule has 1 heterocycles. The molecule has 0 atom stereocenters. The van der Waals surface area contributed by atoms with Gasteiger partial charge >= 0.3 is 5.97 Å². The Morgan fingerprint density at radius 3 is 1.89 bits per heavy atom. The van der Waals surface area contributed by atoms with Gasteiger partial charge in [-0.15, -0.1) is 0 Å². The lowest BCUT2D eigenvalue weighted by molar-refractivity contribution is 0.0697. The van der Waals surface area contributed by atoms with Crippen molar-refractivity contribution in [2.24, 2.45) is 0 Å². The lowest BCUT2D eigenvalue weighted by atomic mass is 10.2. The third-order valence-corrected chi connectivity index (χ3v) is 7.78. The number of hydrogen-bond acceptors (Lipinski definition) is 5. The molecule has 0 radical (unpaired) electrons. The molecule has 150 valence electrons. The van der Waals surface area contributed by atoms with E-state index in [4.69, 9.17) is 5.11 Å². The fourth-order valence-corrected chi connectivity index (χ4v) is 5.52. The molecule has 0 aliphatic carbocycles. The molecule has 0 aromatic heterocycles. The van der Waals surface area contributed by atoms with Crippen LogP contribution in [0.2, 0.25) is 0 Å². The summed E-state index contributed by atoms with van der Waals surface area (Å²) in [6, 6.07) is 10.3. The molecule has 1 aliphatic heterocycles. The number of nitrogens with zero attached hydrogens (tertiary/aromatic N) is 1. The fraction of sp³-hybridized carbons (Fsp3) is 0.278. The zero-order valence-corrected chi connectivity index (χ0v) is 16.5.